The topological polar surface area (TPSA) is 80.9 Å². The number of primary amides is 1. The van der Waals surface area contributed by atoms with E-state index in [-0.39, 0.29) is 0 Å². The predicted octanol–water partition coefficient (Wildman–Crippen LogP) is 2.64. The van der Waals surface area contributed by atoms with Gasteiger partial charge in [-0.3, -0.25) is 4.79 Å². The fourth-order valence-corrected chi connectivity index (χ4v) is 3.00. The molecule has 0 spiro atoms. The van der Waals surface area contributed by atoms with Crippen LogP contribution in [0, 0.1) is 0 Å². The van der Waals surface area contributed by atoms with E-state index in [0.29, 0.717) is 5.82 Å². The Labute approximate surface area is 125 Å². The van der Waals surface area contributed by atoms with Crippen LogP contribution in [0.1, 0.15) is 6.92 Å². The number of carbonyl (C=O) groups is 1. The van der Waals surface area contributed by atoms with Crippen LogP contribution in [0.3, 0.4) is 0 Å². The molecule has 0 unspecified atom stereocenters. The molecule has 3 aromatic rings. The van der Waals surface area contributed by atoms with Gasteiger partial charge in [-0.1, -0.05) is 30.3 Å². The summed E-state index contributed by atoms with van der Waals surface area (Å²) in [5.41, 5.74) is 6.42. The lowest BCUT2D eigenvalue weighted by atomic mass is 10.2. The molecular weight excluding hydrogens is 284 g/mol. The van der Waals surface area contributed by atoms with Gasteiger partial charge in [-0.15, -0.1) is 11.3 Å². The van der Waals surface area contributed by atoms with Crippen molar-refractivity contribution in [1.29, 1.82) is 0 Å². The summed E-state index contributed by atoms with van der Waals surface area (Å²) in [6.45, 7) is 1.71. The summed E-state index contributed by atoms with van der Waals surface area (Å²) in [5, 5.41) is 3.93. The highest BCUT2D eigenvalue weighted by molar-refractivity contribution is 7.21. The zero-order valence-electron chi connectivity index (χ0n) is 11.4. The first-order valence-corrected chi connectivity index (χ1v) is 7.32. The normalized spacial score (nSPS) is 12.2. The average molecular weight is 298 g/mol. The lowest BCUT2D eigenvalue weighted by molar-refractivity contribution is -0.118. The van der Waals surface area contributed by atoms with Crippen LogP contribution in [0.15, 0.2) is 42.7 Å². The number of fused-ring (bicyclic) bond motifs is 1. The van der Waals surface area contributed by atoms with Gasteiger partial charge in [0.15, 0.2) is 0 Å². The van der Waals surface area contributed by atoms with Crippen molar-refractivity contribution in [2.24, 2.45) is 5.73 Å². The highest BCUT2D eigenvalue weighted by atomic mass is 32.1. The molecule has 0 radical (unpaired) electrons. The van der Waals surface area contributed by atoms with Gasteiger partial charge in [0.1, 0.15) is 23.0 Å². The molecule has 2 heterocycles. The third-order valence-electron chi connectivity index (χ3n) is 3.17. The molecule has 2 aromatic heterocycles. The quantitative estimate of drug-likeness (QED) is 0.776. The standard InChI is InChI=1S/C15H14N4OS/c1-9(13(16)20)19-14-11-7-12(10-5-3-2-4-6-10)21-15(11)18-8-17-14/h2-9H,1H3,(H2,16,20)(H,17,18,19)/t9-/m1/s1. The van der Waals surface area contributed by atoms with E-state index in [1.807, 2.05) is 24.3 Å². The van der Waals surface area contributed by atoms with Crippen molar-refractivity contribution in [3.8, 4) is 10.4 Å². The molecule has 0 aliphatic carbocycles. The van der Waals surface area contributed by atoms with Crippen molar-refractivity contribution < 1.29 is 4.79 Å². The number of nitrogens with one attached hydrogen (secondary N) is 1. The molecule has 0 saturated heterocycles. The van der Waals surface area contributed by atoms with Crippen molar-refractivity contribution in [2.75, 3.05) is 5.32 Å². The summed E-state index contributed by atoms with van der Waals surface area (Å²) < 4.78 is 0. The SMILES string of the molecule is C[C@@H](Nc1ncnc2sc(-c3ccccc3)cc12)C(N)=O. The fraction of sp³-hybridized carbons (Fsp3) is 0.133. The maximum atomic E-state index is 11.2. The van der Waals surface area contributed by atoms with Crippen LogP contribution in [-0.4, -0.2) is 21.9 Å². The summed E-state index contributed by atoms with van der Waals surface area (Å²) >= 11 is 1.59. The van der Waals surface area contributed by atoms with Gasteiger partial charge < -0.3 is 11.1 Å². The van der Waals surface area contributed by atoms with E-state index in [1.165, 1.54) is 6.33 Å². The van der Waals surface area contributed by atoms with Gasteiger partial charge in [-0.05, 0) is 18.6 Å². The minimum absolute atomic E-state index is 0.416. The average Bonchev–Trinajstić information content (AvgIpc) is 2.93. The molecular formula is C15H14N4OS. The number of carbonyl (C=O) groups excluding carboxylic acids is 1. The van der Waals surface area contributed by atoms with Gasteiger partial charge in [0.05, 0.1) is 5.39 Å². The van der Waals surface area contributed by atoms with Gasteiger partial charge in [-0.25, -0.2) is 9.97 Å². The molecule has 6 heteroatoms. The number of rotatable bonds is 4. The van der Waals surface area contributed by atoms with Crippen LogP contribution in [0.5, 0.6) is 0 Å². The van der Waals surface area contributed by atoms with Crippen molar-refractivity contribution in [3.05, 3.63) is 42.7 Å². The zero-order chi connectivity index (χ0) is 14.8. The number of hydrogen-bond acceptors (Lipinski definition) is 5. The Morgan fingerprint density at radius 1 is 1.29 bits per heavy atom. The van der Waals surface area contributed by atoms with E-state index < -0.39 is 11.9 Å². The first-order valence-electron chi connectivity index (χ1n) is 6.51. The van der Waals surface area contributed by atoms with Crippen LogP contribution >= 0.6 is 11.3 Å². The molecule has 5 nitrogen and oxygen atoms in total. The minimum atomic E-state index is -0.483. The lowest BCUT2D eigenvalue weighted by Crippen LogP contribution is -2.32. The molecule has 106 valence electrons. The Kier molecular flexibility index (Phi) is 3.53. The number of hydrogen-bond donors (Lipinski definition) is 2. The van der Waals surface area contributed by atoms with E-state index in [1.54, 1.807) is 18.3 Å². The maximum Gasteiger partial charge on any atom is 0.239 e. The molecule has 3 N–H and O–H groups in total. The summed E-state index contributed by atoms with van der Waals surface area (Å²) in [6, 6.07) is 11.6. The predicted molar refractivity (Wildman–Crippen MR) is 85.1 cm³/mol. The molecule has 0 fully saturated rings. The molecule has 0 aliphatic rings. The first kappa shape index (κ1) is 13.5. The fourth-order valence-electron chi connectivity index (χ4n) is 1.99. The Morgan fingerprint density at radius 2 is 2.05 bits per heavy atom. The van der Waals surface area contributed by atoms with Crippen molar-refractivity contribution in [3.63, 3.8) is 0 Å². The van der Waals surface area contributed by atoms with Gasteiger partial charge in [0.2, 0.25) is 5.91 Å². The van der Waals surface area contributed by atoms with Crippen LogP contribution in [0.25, 0.3) is 20.7 Å². The lowest BCUT2D eigenvalue weighted by Gasteiger charge is -2.10. The number of aromatic nitrogens is 2. The molecule has 0 aliphatic heterocycles. The van der Waals surface area contributed by atoms with Crippen molar-refractivity contribution in [2.45, 2.75) is 13.0 Å². The minimum Gasteiger partial charge on any atom is -0.368 e. The van der Waals surface area contributed by atoms with Gasteiger partial charge in [0, 0.05) is 4.88 Å². The van der Waals surface area contributed by atoms with Gasteiger partial charge in [0.25, 0.3) is 0 Å². The maximum absolute atomic E-state index is 11.2. The summed E-state index contributed by atoms with van der Waals surface area (Å²) in [5.74, 6) is 0.213. The number of amides is 1. The Bertz CT molecular complexity index is 785. The number of anilines is 1. The first-order chi connectivity index (χ1) is 10.1. The van der Waals surface area contributed by atoms with Gasteiger partial charge >= 0.3 is 0 Å². The smallest absolute Gasteiger partial charge is 0.239 e. The van der Waals surface area contributed by atoms with E-state index in [4.69, 9.17) is 5.73 Å². The molecule has 1 amide bonds. The summed E-state index contributed by atoms with van der Waals surface area (Å²) in [4.78, 5) is 21.7. The van der Waals surface area contributed by atoms with Crippen LogP contribution in [0.2, 0.25) is 0 Å². The third-order valence-corrected chi connectivity index (χ3v) is 4.26. The largest absolute Gasteiger partial charge is 0.368 e. The third kappa shape index (κ3) is 2.71. The second kappa shape index (κ2) is 5.49. The Hall–Kier alpha value is -2.47. The number of nitrogens with zero attached hydrogens (tertiary/aromatic N) is 2. The monoisotopic (exact) mass is 298 g/mol. The van der Waals surface area contributed by atoms with E-state index in [9.17, 15) is 4.79 Å². The van der Waals surface area contributed by atoms with E-state index in [0.717, 1.165) is 20.7 Å². The molecule has 0 bridgehead atoms. The van der Waals surface area contributed by atoms with E-state index >= 15 is 0 Å². The van der Waals surface area contributed by atoms with Crippen LogP contribution < -0.4 is 11.1 Å². The Morgan fingerprint density at radius 3 is 2.76 bits per heavy atom. The summed E-state index contributed by atoms with van der Waals surface area (Å²) in [7, 11) is 0. The van der Waals surface area contributed by atoms with Crippen LogP contribution in [0.4, 0.5) is 5.82 Å². The highest BCUT2D eigenvalue weighted by Gasteiger charge is 2.14. The van der Waals surface area contributed by atoms with Crippen molar-refractivity contribution in [1.82, 2.24) is 9.97 Å². The van der Waals surface area contributed by atoms with Crippen molar-refractivity contribution >= 4 is 33.3 Å². The van der Waals surface area contributed by atoms with E-state index in [2.05, 4.69) is 27.4 Å². The van der Waals surface area contributed by atoms with Crippen LogP contribution in [-0.2, 0) is 4.79 Å². The number of thiophene rings is 1. The summed E-state index contributed by atoms with van der Waals surface area (Å²) in [6.07, 6.45) is 1.49. The Balaban J connectivity index is 2.04. The second-order valence-electron chi connectivity index (χ2n) is 4.69. The molecule has 1 aromatic carbocycles. The number of nitrogens with two attached hydrogens (primary N) is 1. The molecule has 3 rings (SSSR count). The zero-order valence-corrected chi connectivity index (χ0v) is 12.2. The molecule has 0 saturated carbocycles. The second-order valence-corrected chi connectivity index (χ2v) is 5.72. The molecule has 1 atom stereocenters. The van der Waals surface area contributed by atoms with Gasteiger partial charge in [-0.2, -0.15) is 0 Å². The molecule has 21 heavy (non-hydrogen) atoms. The number of benzene rings is 1. The highest BCUT2D eigenvalue weighted by Crippen LogP contribution is 2.34.